The highest BCUT2D eigenvalue weighted by Gasteiger charge is 2.32. The maximum atomic E-state index is 11.5. The molecule has 0 unspecified atom stereocenters. The molecule has 0 aliphatic heterocycles. The van der Waals surface area contributed by atoms with E-state index in [9.17, 15) is 40.5 Å². The highest BCUT2D eigenvalue weighted by Crippen LogP contribution is 2.47. The van der Waals surface area contributed by atoms with Gasteiger partial charge in [-0.25, -0.2) is 0 Å². The molecule has 0 saturated carbocycles. The van der Waals surface area contributed by atoms with Gasteiger partial charge < -0.3 is 0 Å². The quantitative estimate of drug-likeness (QED) is 0.128. The number of benzene rings is 3. The van der Waals surface area contributed by atoms with Crippen LogP contribution in [0.15, 0.2) is 60.7 Å². The molecule has 198 valence electrons. The van der Waals surface area contributed by atoms with Crippen LogP contribution in [0, 0.1) is 40.5 Å². The summed E-state index contributed by atoms with van der Waals surface area (Å²) in [5.74, 6) is 0. The molecule has 0 fully saturated rings. The molecule has 0 aromatic heterocycles. The molecule has 0 aliphatic rings. The zero-order valence-electron chi connectivity index (χ0n) is 18.6. The molecule has 0 N–H and O–H groups in total. The predicted octanol–water partition coefficient (Wildman–Crippen LogP) is 7.84. The van der Waals surface area contributed by atoms with Gasteiger partial charge in [-0.15, -0.1) is 46.4 Å². The van der Waals surface area contributed by atoms with Gasteiger partial charge in [0.05, 0.1) is 64.5 Å². The molecule has 0 aliphatic carbocycles. The molecule has 0 radical (unpaired) electrons. The van der Waals surface area contributed by atoms with E-state index < -0.39 is 64.0 Å². The first kappa shape index (κ1) is 29.0. The molecule has 4 atom stereocenters. The molecule has 0 bridgehead atoms. The number of halogens is 4. The average molecular weight is 604 g/mol. The van der Waals surface area contributed by atoms with Gasteiger partial charge in [0.15, 0.2) is 0 Å². The highest BCUT2D eigenvalue weighted by atomic mass is 35.5. The van der Waals surface area contributed by atoms with Crippen LogP contribution >= 0.6 is 46.4 Å². The Morgan fingerprint density at radius 1 is 0.500 bits per heavy atom. The van der Waals surface area contributed by atoms with Crippen molar-refractivity contribution in [2.45, 2.75) is 21.5 Å². The van der Waals surface area contributed by atoms with Crippen LogP contribution in [0.3, 0.4) is 0 Å². The van der Waals surface area contributed by atoms with Crippen molar-refractivity contribution in [1.29, 1.82) is 0 Å². The normalized spacial score (nSPS) is 14.2. The summed E-state index contributed by atoms with van der Waals surface area (Å²) in [6.07, 6.45) is 0. The summed E-state index contributed by atoms with van der Waals surface area (Å²) >= 11 is 26.0. The van der Waals surface area contributed by atoms with Crippen molar-refractivity contribution in [3.05, 3.63) is 123 Å². The molecule has 12 nitrogen and oxygen atoms in total. The summed E-state index contributed by atoms with van der Waals surface area (Å²) in [6.45, 7) is 0. The van der Waals surface area contributed by atoms with Crippen LogP contribution in [0.25, 0.3) is 0 Å². The standard InChI is InChI=1S/C22H14Cl4N4O8/c23-19(21(25)15-6-4-13(27(31)32)9-17(15)29(35)36)11-2-1-3-12(8-11)20(24)22(26)16-7-5-14(28(33)34)10-18(16)30(37)38/h1-10,19-22H/t19-,20-,21-,22+/m0/s1. The minimum atomic E-state index is -1.19. The van der Waals surface area contributed by atoms with Crippen molar-refractivity contribution in [3.8, 4) is 0 Å². The fourth-order valence-corrected chi connectivity index (χ4v) is 4.83. The third-order valence-corrected chi connectivity index (χ3v) is 7.74. The minimum absolute atomic E-state index is 0.0492. The number of hydrogen-bond acceptors (Lipinski definition) is 8. The van der Waals surface area contributed by atoms with Crippen molar-refractivity contribution in [3.63, 3.8) is 0 Å². The Hall–Kier alpha value is -3.58. The average Bonchev–Trinajstić information content (AvgIpc) is 2.90. The molecular formula is C22H14Cl4N4O8. The highest BCUT2D eigenvalue weighted by molar-refractivity contribution is 6.31. The summed E-state index contributed by atoms with van der Waals surface area (Å²) in [4.78, 5) is 41.9. The Morgan fingerprint density at radius 3 is 1.18 bits per heavy atom. The molecule has 3 aromatic carbocycles. The van der Waals surface area contributed by atoms with Crippen LogP contribution in [0.4, 0.5) is 22.7 Å². The largest absolute Gasteiger partial charge is 0.281 e. The summed E-state index contributed by atoms with van der Waals surface area (Å²) in [5, 5.41) is 40.5. The molecule has 3 aromatic rings. The second-order valence-corrected chi connectivity index (χ2v) is 9.67. The fourth-order valence-electron chi connectivity index (χ4n) is 3.63. The Balaban J connectivity index is 1.94. The lowest BCUT2D eigenvalue weighted by Crippen LogP contribution is -2.07. The zero-order chi connectivity index (χ0) is 28.3. The summed E-state index contributed by atoms with van der Waals surface area (Å²) in [5.41, 5.74) is -1.51. The van der Waals surface area contributed by atoms with Crippen LogP contribution in [0.1, 0.15) is 43.8 Å². The van der Waals surface area contributed by atoms with Crippen LogP contribution in [-0.4, -0.2) is 19.7 Å². The van der Waals surface area contributed by atoms with Crippen LogP contribution in [0.2, 0.25) is 0 Å². The van der Waals surface area contributed by atoms with Gasteiger partial charge in [-0.2, -0.15) is 0 Å². The maximum absolute atomic E-state index is 11.5. The van der Waals surface area contributed by atoms with Crippen molar-refractivity contribution >= 4 is 69.2 Å². The number of nitro groups is 4. The SMILES string of the molecule is O=[N+]([O-])c1ccc([C@@H](Cl)[C@@H](Cl)c2cccc([C@H](Cl)[C@@H](Cl)c3ccc([N+](=O)[O-])cc3[N+](=O)[O-])c2)c([N+](=O)[O-])c1. The van der Waals surface area contributed by atoms with E-state index in [0.717, 1.165) is 36.4 Å². The molecule has 16 heteroatoms. The molecule has 0 heterocycles. The topological polar surface area (TPSA) is 173 Å². The molecular weight excluding hydrogens is 590 g/mol. The Bertz CT molecular complexity index is 1340. The van der Waals surface area contributed by atoms with Crippen molar-refractivity contribution < 1.29 is 19.7 Å². The number of non-ortho nitro benzene ring substituents is 2. The van der Waals surface area contributed by atoms with Crippen LogP contribution in [-0.2, 0) is 0 Å². The predicted molar refractivity (Wildman–Crippen MR) is 140 cm³/mol. The van der Waals surface area contributed by atoms with E-state index in [4.69, 9.17) is 46.4 Å². The van der Waals surface area contributed by atoms with Crippen molar-refractivity contribution in [2.24, 2.45) is 0 Å². The van der Waals surface area contributed by atoms with E-state index in [1.165, 1.54) is 6.07 Å². The van der Waals surface area contributed by atoms with E-state index >= 15 is 0 Å². The Morgan fingerprint density at radius 2 is 0.868 bits per heavy atom. The molecule has 0 amide bonds. The lowest BCUT2D eigenvalue weighted by molar-refractivity contribution is -0.394. The van der Waals surface area contributed by atoms with Crippen molar-refractivity contribution in [2.75, 3.05) is 0 Å². The van der Waals surface area contributed by atoms with Gasteiger partial charge in [0, 0.05) is 12.1 Å². The molecule has 0 saturated heterocycles. The zero-order valence-corrected chi connectivity index (χ0v) is 21.7. The van der Waals surface area contributed by atoms with Gasteiger partial charge in [-0.1, -0.05) is 24.3 Å². The Labute approximate surface area is 233 Å². The third-order valence-electron chi connectivity index (χ3n) is 5.50. The second-order valence-electron chi connectivity index (χ2n) is 7.79. The lowest BCUT2D eigenvalue weighted by atomic mass is 9.97. The van der Waals surface area contributed by atoms with Gasteiger partial charge >= 0.3 is 0 Å². The van der Waals surface area contributed by atoms with E-state index in [2.05, 4.69) is 0 Å². The number of nitro benzene ring substituents is 4. The van der Waals surface area contributed by atoms with Gasteiger partial charge in [0.25, 0.3) is 22.7 Å². The number of hydrogen-bond donors (Lipinski definition) is 0. The summed E-state index contributed by atoms with van der Waals surface area (Å²) in [6, 6.07) is 12.2. The maximum Gasteiger partial charge on any atom is 0.281 e. The van der Waals surface area contributed by atoms with E-state index in [-0.39, 0.29) is 11.1 Å². The molecule has 3 rings (SSSR count). The first-order chi connectivity index (χ1) is 17.8. The smallest absolute Gasteiger partial charge is 0.258 e. The second kappa shape index (κ2) is 11.9. The van der Waals surface area contributed by atoms with Gasteiger partial charge in [0.1, 0.15) is 0 Å². The van der Waals surface area contributed by atoms with E-state index in [1.54, 1.807) is 18.2 Å². The number of nitrogens with zero attached hydrogens (tertiary/aromatic N) is 4. The third kappa shape index (κ3) is 6.10. The minimum Gasteiger partial charge on any atom is -0.258 e. The van der Waals surface area contributed by atoms with Crippen LogP contribution in [0.5, 0.6) is 0 Å². The lowest BCUT2D eigenvalue weighted by Gasteiger charge is -2.20. The van der Waals surface area contributed by atoms with E-state index in [1.807, 2.05) is 0 Å². The van der Waals surface area contributed by atoms with Crippen LogP contribution < -0.4 is 0 Å². The fraction of sp³-hybridized carbons (Fsp3) is 0.182. The number of alkyl halides is 4. The summed E-state index contributed by atoms with van der Waals surface area (Å²) in [7, 11) is 0. The molecule has 0 spiro atoms. The summed E-state index contributed by atoms with van der Waals surface area (Å²) < 4.78 is 0. The number of rotatable bonds is 10. The van der Waals surface area contributed by atoms with Gasteiger partial charge in [-0.3, -0.25) is 40.5 Å². The van der Waals surface area contributed by atoms with Crippen molar-refractivity contribution in [1.82, 2.24) is 0 Å². The monoisotopic (exact) mass is 602 g/mol. The Kier molecular flexibility index (Phi) is 9.05. The molecule has 38 heavy (non-hydrogen) atoms. The van der Waals surface area contributed by atoms with Gasteiger partial charge in [0.2, 0.25) is 0 Å². The first-order valence-electron chi connectivity index (χ1n) is 10.3. The van der Waals surface area contributed by atoms with E-state index in [0.29, 0.717) is 11.1 Å². The first-order valence-corrected chi connectivity index (χ1v) is 12.1. The van der Waals surface area contributed by atoms with Gasteiger partial charge in [-0.05, 0) is 23.3 Å².